The molecule has 0 spiro atoms. The van der Waals surface area contributed by atoms with Gasteiger partial charge in [0, 0.05) is 14.1 Å². The minimum atomic E-state index is -0.624. The molecule has 0 amide bonds. The van der Waals surface area contributed by atoms with E-state index in [-0.39, 0.29) is 6.04 Å². The summed E-state index contributed by atoms with van der Waals surface area (Å²) in [6, 6.07) is 3.81. The molecule has 4 nitrogen and oxygen atoms in total. The predicted octanol–water partition coefficient (Wildman–Crippen LogP) is 0.655. The van der Waals surface area contributed by atoms with Crippen LogP contribution in [0.1, 0.15) is 0 Å². The van der Waals surface area contributed by atoms with Crippen LogP contribution in [0.5, 0.6) is 0 Å². The molecular weight excluding hydrogens is 176 g/mol. The Hall–Kier alpha value is -1.52. The van der Waals surface area contributed by atoms with Crippen molar-refractivity contribution < 1.29 is 0 Å². The molecule has 0 aliphatic heterocycles. The fourth-order valence-electron chi connectivity index (χ4n) is 1.02. The smallest absolute Gasteiger partial charge is 0.152 e. The molecule has 0 radical (unpaired) electrons. The van der Waals surface area contributed by atoms with Crippen LogP contribution in [0.4, 0.5) is 0 Å². The van der Waals surface area contributed by atoms with E-state index in [9.17, 15) is 0 Å². The summed E-state index contributed by atoms with van der Waals surface area (Å²) in [5.41, 5.74) is 0. The highest BCUT2D eigenvalue weighted by molar-refractivity contribution is 5.12. The third kappa shape index (κ3) is 3.93. The number of nitrogens with zero attached hydrogens (tertiary/aromatic N) is 4. The maximum Gasteiger partial charge on any atom is 0.152 e. The van der Waals surface area contributed by atoms with E-state index in [0.717, 1.165) is 0 Å². The van der Waals surface area contributed by atoms with E-state index in [0.29, 0.717) is 0 Å². The molecule has 1 atom stereocenters. The van der Waals surface area contributed by atoms with E-state index >= 15 is 0 Å². The average molecular weight is 192 g/mol. The number of hydrogen-bond donors (Lipinski definition) is 0. The van der Waals surface area contributed by atoms with Gasteiger partial charge in [0.15, 0.2) is 5.92 Å². The average Bonchev–Trinajstić information content (AvgIpc) is 2.11. The Balaban J connectivity index is 4.63. The van der Waals surface area contributed by atoms with Crippen molar-refractivity contribution in [1.29, 1.82) is 10.5 Å². The van der Waals surface area contributed by atoms with Crippen LogP contribution in [-0.4, -0.2) is 44.0 Å². The summed E-state index contributed by atoms with van der Waals surface area (Å²) in [5.74, 6) is -0.624. The molecule has 0 aromatic rings. The molecule has 0 fully saturated rings. The van der Waals surface area contributed by atoms with Crippen molar-refractivity contribution in [3.8, 4) is 12.1 Å². The Morgan fingerprint density at radius 2 is 1.57 bits per heavy atom. The van der Waals surface area contributed by atoms with Crippen LogP contribution in [0, 0.1) is 28.6 Å². The summed E-state index contributed by atoms with van der Waals surface area (Å²) in [6.45, 7) is 0. The first kappa shape index (κ1) is 12.5. The van der Waals surface area contributed by atoms with Crippen LogP contribution in [0.2, 0.25) is 0 Å². The minimum absolute atomic E-state index is 0.160. The zero-order valence-corrected chi connectivity index (χ0v) is 9.10. The van der Waals surface area contributed by atoms with Crippen LogP contribution in [0.15, 0.2) is 12.3 Å². The van der Waals surface area contributed by atoms with Crippen molar-refractivity contribution in [3.63, 3.8) is 0 Å². The maximum atomic E-state index is 8.76. The maximum absolute atomic E-state index is 8.76. The van der Waals surface area contributed by atoms with Crippen molar-refractivity contribution in [2.75, 3.05) is 28.2 Å². The van der Waals surface area contributed by atoms with Gasteiger partial charge in [0.1, 0.15) is 0 Å². The predicted molar refractivity (Wildman–Crippen MR) is 55.0 cm³/mol. The molecule has 0 aliphatic carbocycles. The number of nitriles is 2. The van der Waals surface area contributed by atoms with Crippen LogP contribution in [-0.2, 0) is 0 Å². The summed E-state index contributed by atoms with van der Waals surface area (Å²) in [6.07, 6.45) is 3.71. The molecule has 1 unspecified atom stereocenters. The van der Waals surface area contributed by atoms with Crippen molar-refractivity contribution >= 4 is 0 Å². The van der Waals surface area contributed by atoms with Gasteiger partial charge in [0.05, 0.1) is 18.2 Å². The molecule has 0 saturated heterocycles. The summed E-state index contributed by atoms with van der Waals surface area (Å²) in [5, 5.41) is 17.5. The van der Waals surface area contributed by atoms with E-state index in [2.05, 4.69) is 0 Å². The molecule has 0 aromatic carbocycles. The number of hydrogen-bond acceptors (Lipinski definition) is 4. The van der Waals surface area contributed by atoms with Gasteiger partial charge in [0.2, 0.25) is 0 Å². The Bertz CT molecular complexity index is 253. The largest absolute Gasteiger partial charge is 0.384 e. The Kier molecular flexibility index (Phi) is 5.36. The van der Waals surface area contributed by atoms with Gasteiger partial charge < -0.3 is 9.80 Å². The van der Waals surface area contributed by atoms with Crippen molar-refractivity contribution in [2.24, 2.45) is 5.92 Å². The summed E-state index contributed by atoms with van der Waals surface area (Å²) >= 11 is 0. The van der Waals surface area contributed by atoms with Gasteiger partial charge in [0.25, 0.3) is 0 Å². The van der Waals surface area contributed by atoms with Crippen molar-refractivity contribution in [3.05, 3.63) is 12.3 Å². The highest BCUT2D eigenvalue weighted by Crippen LogP contribution is 2.08. The quantitative estimate of drug-likeness (QED) is 0.656. The van der Waals surface area contributed by atoms with E-state index < -0.39 is 5.92 Å². The Labute approximate surface area is 85.6 Å². The van der Waals surface area contributed by atoms with Crippen LogP contribution in [0.3, 0.4) is 0 Å². The van der Waals surface area contributed by atoms with Crippen molar-refractivity contribution in [2.45, 2.75) is 6.04 Å². The van der Waals surface area contributed by atoms with Crippen LogP contribution >= 0.6 is 0 Å². The minimum Gasteiger partial charge on any atom is -0.384 e. The second-order valence-electron chi connectivity index (χ2n) is 3.50. The first-order valence-electron chi connectivity index (χ1n) is 4.33. The van der Waals surface area contributed by atoms with Gasteiger partial charge >= 0.3 is 0 Å². The van der Waals surface area contributed by atoms with Gasteiger partial charge in [-0.3, -0.25) is 0 Å². The second-order valence-corrected chi connectivity index (χ2v) is 3.50. The van der Waals surface area contributed by atoms with Gasteiger partial charge in [-0.2, -0.15) is 10.5 Å². The monoisotopic (exact) mass is 192 g/mol. The molecular formula is C10H16N4. The Morgan fingerprint density at radius 3 is 1.86 bits per heavy atom. The van der Waals surface area contributed by atoms with Crippen LogP contribution < -0.4 is 0 Å². The van der Waals surface area contributed by atoms with Gasteiger partial charge in [-0.05, 0) is 26.4 Å². The first-order chi connectivity index (χ1) is 6.52. The molecule has 0 saturated carbocycles. The zero-order valence-electron chi connectivity index (χ0n) is 9.10. The van der Waals surface area contributed by atoms with E-state index in [1.54, 1.807) is 0 Å². The lowest BCUT2D eigenvalue weighted by Crippen LogP contribution is -2.32. The number of rotatable bonds is 4. The van der Waals surface area contributed by atoms with E-state index in [1.165, 1.54) is 0 Å². The lowest BCUT2D eigenvalue weighted by molar-refractivity contribution is 0.315. The molecule has 0 aliphatic rings. The molecule has 0 heterocycles. The lowest BCUT2D eigenvalue weighted by atomic mass is 10.0. The normalized spacial score (nSPS) is 12.9. The fraction of sp³-hybridized carbons (Fsp3) is 0.600. The fourth-order valence-corrected chi connectivity index (χ4v) is 1.02. The molecule has 0 rings (SSSR count). The molecule has 0 N–H and O–H groups in total. The SMILES string of the molecule is CN(C)/C=C/C(C(C#N)C#N)N(C)C. The summed E-state index contributed by atoms with van der Waals surface area (Å²) < 4.78 is 0. The van der Waals surface area contributed by atoms with Gasteiger partial charge in [-0.15, -0.1) is 0 Å². The standard InChI is InChI=1S/C10H16N4/c1-13(2)6-5-10(14(3)4)9(7-11)8-12/h5-6,9-10H,1-4H3/b6-5+. The molecule has 0 aromatic heterocycles. The third-order valence-corrected chi connectivity index (χ3v) is 1.80. The molecule has 76 valence electrons. The first-order valence-corrected chi connectivity index (χ1v) is 4.33. The highest BCUT2D eigenvalue weighted by Gasteiger charge is 2.20. The summed E-state index contributed by atoms with van der Waals surface area (Å²) in [7, 11) is 7.51. The molecule has 4 heteroatoms. The molecule has 14 heavy (non-hydrogen) atoms. The second kappa shape index (κ2) is 6.01. The van der Waals surface area contributed by atoms with Crippen LogP contribution in [0.25, 0.3) is 0 Å². The van der Waals surface area contributed by atoms with Gasteiger partial charge in [-0.1, -0.05) is 0 Å². The third-order valence-electron chi connectivity index (χ3n) is 1.80. The van der Waals surface area contributed by atoms with Gasteiger partial charge in [-0.25, -0.2) is 0 Å². The highest BCUT2D eigenvalue weighted by atomic mass is 15.1. The topological polar surface area (TPSA) is 54.1 Å². The summed E-state index contributed by atoms with van der Waals surface area (Å²) in [4.78, 5) is 3.74. The lowest BCUT2D eigenvalue weighted by Gasteiger charge is -2.21. The van der Waals surface area contributed by atoms with E-state index in [4.69, 9.17) is 10.5 Å². The zero-order chi connectivity index (χ0) is 11.1. The molecule has 0 bridgehead atoms. The Morgan fingerprint density at radius 1 is 1.07 bits per heavy atom. The number of likely N-dealkylation sites (N-methyl/N-ethyl adjacent to an activating group) is 1. The van der Waals surface area contributed by atoms with Crippen molar-refractivity contribution in [1.82, 2.24) is 9.80 Å². The van der Waals surface area contributed by atoms with E-state index in [1.807, 2.05) is 62.4 Å².